The fourth-order valence-corrected chi connectivity index (χ4v) is 3.77. The highest BCUT2D eigenvalue weighted by molar-refractivity contribution is 7.13. The fourth-order valence-electron chi connectivity index (χ4n) is 3.09. The number of nitrogens with one attached hydrogen (secondary N) is 2. The van der Waals surface area contributed by atoms with E-state index in [2.05, 4.69) is 20.4 Å². The Labute approximate surface area is 179 Å². The van der Waals surface area contributed by atoms with Crippen molar-refractivity contribution in [1.29, 1.82) is 0 Å². The molecule has 2 N–H and O–H groups in total. The molecule has 4 rings (SSSR count). The van der Waals surface area contributed by atoms with Crippen LogP contribution in [0.4, 0.5) is 11.5 Å². The summed E-state index contributed by atoms with van der Waals surface area (Å²) in [6, 6.07) is 11.0. The molecule has 0 fully saturated rings. The number of aryl methyl sites for hydroxylation is 1. The molecule has 0 atom stereocenters. The molecule has 0 aliphatic heterocycles. The van der Waals surface area contributed by atoms with Gasteiger partial charge in [0.15, 0.2) is 0 Å². The second-order valence-electron chi connectivity index (χ2n) is 6.68. The SMILES string of the molecule is Cc1cc(=O)[nH]c(-n2nc(-c3cccs3)cc2NC(=O)c2cccc([N+](=O)[O-])c2C)n1. The van der Waals surface area contributed by atoms with Gasteiger partial charge in [0, 0.05) is 35.0 Å². The Morgan fingerprint density at radius 1 is 1.23 bits per heavy atom. The number of nitro groups is 1. The van der Waals surface area contributed by atoms with E-state index < -0.39 is 10.8 Å². The summed E-state index contributed by atoms with van der Waals surface area (Å²) < 4.78 is 1.33. The summed E-state index contributed by atoms with van der Waals surface area (Å²) in [6.45, 7) is 3.19. The van der Waals surface area contributed by atoms with Crippen LogP contribution in [0.15, 0.2) is 52.6 Å². The summed E-state index contributed by atoms with van der Waals surface area (Å²) in [4.78, 5) is 43.3. The second-order valence-corrected chi connectivity index (χ2v) is 7.62. The van der Waals surface area contributed by atoms with E-state index in [0.717, 1.165) is 4.88 Å². The van der Waals surface area contributed by atoms with Crippen molar-refractivity contribution in [2.75, 3.05) is 5.32 Å². The minimum Gasteiger partial charge on any atom is -0.306 e. The molecule has 3 aromatic heterocycles. The average Bonchev–Trinajstić information content (AvgIpc) is 3.37. The number of aromatic amines is 1. The van der Waals surface area contributed by atoms with E-state index in [1.807, 2.05) is 17.5 Å². The third kappa shape index (κ3) is 3.98. The molecule has 0 saturated heterocycles. The van der Waals surface area contributed by atoms with E-state index in [1.54, 1.807) is 13.0 Å². The highest BCUT2D eigenvalue weighted by atomic mass is 32.1. The molecule has 156 valence electrons. The predicted molar refractivity (Wildman–Crippen MR) is 116 cm³/mol. The van der Waals surface area contributed by atoms with Crippen LogP contribution in [0.5, 0.6) is 0 Å². The van der Waals surface area contributed by atoms with Gasteiger partial charge in [-0.3, -0.25) is 24.7 Å². The maximum atomic E-state index is 13.0. The van der Waals surface area contributed by atoms with Crippen molar-refractivity contribution in [2.45, 2.75) is 13.8 Å². The lowest BCUT2D eigenvalue weighted by Gasteiger charge is -2.10. The quantitative estimate of drug-likeness (QED) is 0.363. The molecule has 11 heteroatoms. The second kappa shape index (κ2) is 7.95. The standard InChI is InChI=1S/C20H16N6O4S/c1-11-9-18(27)23-20(21-11)25-17(10-14(24-25)16-7-4-8-31-16)22-19(28)13-5-3-6-15(12(13)2)26(29)30/h3-10H,1-2H3,(H,22,28)(H,21,23,27). The first-order chi connectivity index (χ1) is 14.8. The maximum Gasteiger partial charge on any atom is 0.273 e. The van der Waals surface area contributed by atoms with Gasteiger partial charge in [-0.1, -0.05) is 12.1 Å². The topological polar surface area (TPSA) is 136 Å². The van der Waals surface area contributed by atoms with E-state index in [4.69, 9.17) is 0 Å². The molecule has 4 aromatic rings. The molecule has 1 aromatic carbocycles. The van der Waals surface area contributed by atoms with Crippen LogP contribution in [0, 0.1) is 24.0 Å². The molecule has 0 aliphatic rings. The lowest BCUT2D eigenvalue weighted by Crippen LogP contribution is -2.19. The van der Waals surface area contributed by atoms with Gasteiger partial charge >= 0.3 is 0 Å². The van der Waals surface area contributed by atoms with Gasteiger partial charge in [-0.2, -0.15) is 9.78 Å². The molecule has 0 saturated carbocycles. The molecular formula is C20H16N6O4S. The number of hydrogen-bond acceptors (Lipinski definition) is 7. The number of anilines is 1. The van der Waals surface area contributed by atoms with Gasteiger partial charge < -0.3 is 5.32 Å². The Morgan fingerprint density at radius 3 is 2.71 bits per heavy atom. The van der Waals surface area contributed by atoms with Crippen molar-refractivity contribution in [3.63, 3.8) is 0 Å². The van der Waals surface area contributed by atoms with E-state index >= 15 is 0 Å². The fraction of sp³-hybridized carbons (Fsp3) is 0.100. The lowest BCUT2D eigenvalue weighted by atomic mass is 10.1. The normalized spacial score (nSPS) is 10.8. The van der Waals surface area contributed by atoms with Gasteiger partial charge in [0.1, 0.15) is 11.5 Å². The summed E-state index contributed by atoms with van der Waals surface area (Å²) in [5, 5.41) is 20.3. The zero-order valence-electron chi connectivity index (χ0n) is 16.4. The number of thiophene rings is 1. The summed E-state index contributed by atoms with van der Waals surface area (Å²) in [7, 11) is 0. The highest BCUT2D eigenvalue weighted by Crippen LogP contribution is 2.28. The zero-order valence-corrected chi connectivity index (χ0v) is 17.3. The Morgan fingerprint density at radius 2 is 2.03 bits per heavy atom. The number of nitro benzene ring substituents is 1. The van der Waals surface area contributed by atoms with Crippen LogP contribution in [0.25, 0.3) is 16.5 Å². The third-order valence-electron chi connectivity index (χ3n) is 4.53. The number of carbonyl (C=O) groups excluding carboxylic acids is 1. The Bertz CT molecular complexity index is 1360. The lowest BCUT2D eigenvalue weighted by molar-refractivity contribution is -0.385. The molecule has 0 bridgehead atoms. The van der Waals surface area contributed by atoms with Crippen molar-refractivity contribution < 1.29 is 9.72 Å². The Hall–Kier alpha value is -4.12. The van der Waals surface area contributed by atoms with Crippen molar-refractivity contribution in [1.82, 2.24) is 19.7 Å². The van der Waals surface area contributed by atoms with Gasteiger partial charge in [0.05, 0.1) is 9.80 Å². The number of benzene rings is 1. The number of carbonyl (C=O) groups is 1. The number of amides is 1. The number of nitrogens with zero attached hydrogens (tertiary/aromatic N) is 4. The Kier molecular flexibility index (Phi) is 5.17. The first-order valence-electron chi connectivity index (χ1n) is 9.11. The first-order valence-corrected chi connectivity index (χ1v) is 9.99. The van der Waals surface area contributed by atoms with Crippen LogP contribution >= 0.6 is 11.3 Å². The molecular weight excluding hydrogens is 420 g/mol. The average molecular weight is 436 g/mol. The zero-order chi connectivity index (χ0) is 22.1. The predicted octanol–water partition coefficient (Wildman–Crippen LogP) is 3.46. The Balaban J connectivity index is 1.79. The minimum absolute atomic E-state index is 0.138. The van der Waals surface area contributed by atoms with Crippen molar-refractivity contribution >= 4 is 28.7 Å². The van der Waals surface area contributed by atoms with Crippen molar-refractivity contribution in [3.8, 4) is 16.5 Å². The summed E-state index contributed by atoms with van der Waals surface area (Å²) in [6.07, 6.45) is 0. The van der Waals surface area contributed by atoms with Crippen LogP contribution in [0.2, 0.25) is 0 Å². The molecule has 0 spiro atoms. The largest absolute Gasteiger partial charge is 0.306 e. The summed E-state index contributed by atoms with van der Waals surface area (Å²) in [5.41, 5.74) is 0.957. The molecule has 0 unspecified atom stereocenters. The molecule has 0 aliphatic carbocycles. The van der Waals surface area contributed by atoms with Crippen LogP contribution in [-0.2, 0) is 0 Å². The van der Waals surface area contributed by atoms with Crippen LogP contribution in [0.1, 0.15) is 21.6 Å². The van der Waals surface area contributed by atoms with E-state index in [-0.39, 0.29) is 34.1 Å². The third-order valence-corrected chi connectivity index (χ3v) is 5.42. The van der Waals surface area contributed by atoms with Gasteiger partial charge in [-0.25, -0.2) is 4.98 Å². The highest BCUT2D eigenvalue weighted by Gasteiger charge is 2.21. The molecule has 10 nitrogen and oxygen atoms in total. The van der Waals surface area contributed by atoms with Gasteiger partial charge in [-0.05, 0) is 31.4 Å². The van der Waals surface area contributed by atoms with E-state index in [0.29, 0.717) is 11.4 Å². The summed E-state index contributed by atoms with van der Waals surface area (Å²) in [5.74, 6) is -0.151. The number of hydrogen-bond donors (Lipinski definition) is 2. The molecule has 1 amide bonds. The van der Waals surface area contributed by atoms with E-state index in [1.165, 1.54) is 47.2 Å². The smallest absolute Gasteiger partial charge is 0.273 e. The number of rotatable bonds is 5. The van der Waals surface area contributed by atoms with Crippen LogP contribution < -0.4 is 10.9 Å². The van der Waals surface area contributed by atoms with Gasteiger partial charge in [0.2, 0.25) is 5.95 Å². The minimum atomic E-state index is -0.546. The van der Waals surface area contributed by atoms with Crippen molar-refractivity contribution in [2.24, 2.45) is 0 Å². The molecule has 31 heavy (non-hydrogen) atoms. The number of aromatic nitrogens is 4. The van der Waals surface area contributed by atoms with E-state index in [9.17, 15) is 19.7 Å². The molecule has 3 heterocycles. The maximum absolute atomic E-state index is 13.0. The monoisotopic (exact) mass is 436 g/mol. The van der Waals surface area contributed by atoms with Crippen LogP contribution in [-0.4, -0.2) is 30.6 Å². The van der Waals surface area contributed by atoms with Gasteiger partial charge in [-0.15, -0.1) is 11.3 Å². The first kappa shape index (κ1) is 20.2. The van der Waals surface area contributed by atoms with Crippen LogP contribution in [0.3, 0.4) is 0 Å². The summed E-state index contributed by atoms with van der Waals surface area (Å²) >= 11 is 1.47. The van der Waals surface area contributed by atoms with Gasteiger partial charge in [0.25, 0.3) is 17.2 Å². The number of H-pyrrole nitrogens is 1. The molecule has 0 radical (unpaired) electrons. The van der Waals surface area contributed by atoms with Crippen molar-refractivity contribution in [3.05, 3.63) is 85.1 Å².